The molecule has 0 atom stereocenters. The van der Waals surface area contributed by atoms with E-state index < -0.39 is 0 Å². The lowest BCUT2D eigenvalue weighted by atomic mass is 10.1. The van der Waals surface area contributed by atoms with Crippen molar-refractivity contribution in [3.8, 4) is 11.5 Å². The van der Waals surface area contributed by atoms with Crippen LogP contribution in [-0.4, -0.2) is 51.8 Å². The molecule has 0 aromatic heterocycles. The molecule has 7 nitrogen and oxygen atoms in total. The van der Waals surface area contributed by atoms with E-state index >= 15 is 0 Å². The van der Waals surface area contributed by atoms with E-state index in [2.05, 4.69) is 33.8 Å². The second-order valence-electron chi connectivity index (χ2n) is 7.40. The van der Waals surface area contributed by atoms with Crippen LogP contribution in [0.1, 0.15) is 24.5 Å². The molecule has 1 heterocycles. The number of aliphatic imine (C=N–C) groups is 1. The van der Waals surface area contributed by atoms with Crippen LogP contribution in [0.5, 0.6) is 11.5 Å². The number of fused-ring (bicyclic) bond motifs is 1. The van der Waals surface area contributed by atoms with Crippen LogP contribution in [0, 0.1) is 6.92 Å². The number of anilines is 1. The molecule has 8 heteroatoms. The average Bonchev–Trinajstić information content (AvgIpc) is 2.78. The second kappa shape index (κ2) is 13.1. The van der Waals surface area contributed by atoms with E-state index in [1.54, 1.807) is 12.0 Å². The predicted octanol–water partition coefficient (Wildman–Crippen LogP) is 3.53. The van der Waals surface area contributed by atoms with Crippen molar-refractivity contribution in [1.82, 2.24) is 10.6 Å². The van der Waals surface area contributed by atoms with Crippen LogP contribution in [0.15, 0.2) is 47.5 Å². The molecule has 32 heavy (non-hydrogen) atoms. The lowest BCUT2D eigenvalue weighted by molar-refractivity contribution is -0.121. The molecule has 0 unspecified atom stereocenters. The maximum atomic E-state index is 12.3. The van der Waals surface area contributed by atoms with Crippen molar-refractivity contribution in [2.45, 2.75) is 26.7 Å². The standard InChI is InChI=1S/C24H32N4O3.HI/c1-4-25-24(27-14-12-19-11-10-18(2)22(16-19)30-3)26-13-7-15-28-20-8-5-6-9-21(20)31-17-23(28)29;/h5-6,8-11,16H,4,7,12-15,17H2,1-3H3,(H2,25,26,27);1H. The Labute approximate surface area is 207 Å². The van der Waals surface area contributed by atoms with Crippen molar-refractivity contribution in [3.63, 3.8) is 0 Å². The van der Waals surface area contributed by atoms with Gasteiger partial charge in [-0.15, -0.1) is 24.0 Å². The number of ether oxygens (including phenoxy) is 2. The number of hydrogen-bond acceptors (Lipinski definition) is 4. The molecule has 0 saturated carbocycles. The van der Waals surface area contributed by atoms with E-state index in [0.29, 0.717) is 13.1 Å². The van der Waals surface area contributed by atoms with E-state index in [-0.39, 0.29) is 36.5 Å². The molecule has 174 valence electrons. The number of amides is 1. The molecule has 0 radical (unpaired) electrons. The fourth-order valence-corrected chi connectivity index (χ4v) is 3.51. The number of benzene rings is 2. The number of halogens is 1. The molecule has 1 aliphatic rings. The number of nitrogens with zero attached hydrogens (tertiary/aromatic N) is 2. The zero-order chi connectivity index (χ0) is 22.1. The van der Waals surface area contributed by atoms with E-state index in [0.717, 1.165) is 54.6 Å². The van der Waals surface area contributed by atoms with Gasteiger partial charge in [0.05, 0.1) is 12.8 Å². The molecule has 0 bridgehead atoms. The summed E-state index contributed by atoms with van der Waals surface area (Å²) in [7, 11) is 1.70. The lowest BCUT2D eigenvalue weighted by Crippen LogP contribution is -2.40. The smallest absolute Gasteiger partial charge is 0.265 e. The number of guanidine groups is 1. The first-order valence-electron chi connectivity index (χ1n) is 10.8. The van der Waals surface area contributed by atoms with Crippen molar-refractivity contribution in [2.75, 3.05) is 44.8 Å². The Bertz CT molecular complexity index is 920. The summed E-state index contributed by atoms with van der Waals surface area (Å²) < 4.78 is 10.9. The van der Waals surface area contributed by atoms with Gasteiger partial charge in [-0.25, -0.2) is 0 Å². The Kier molecular flexibility index (Phi) is 10.6. The van der Waals surface area contributed by atoms with Crippen LogP contribution < -0.4 is 25.0 Å². The molecule has 0 aliphatic carbocycles. The largest absolute Gasteiger partial charge is 0.496 e. The maximum absolute atomic E-state index is 12.3. The lowest BCUT2D eigenvalue weighted by Gasteiger charge is -2.29. The Balaban J connectivity index is 0.00000363. The van der Waals surface area contributed by atoms with Crippen molar-refractivity contribution in [2.24, 2.45) is 4.99 Å². The van der Waals surface area contributed by atoms with Crippen molar-refractivity contribution >= 4 is 41.5 Å². The van der Waals surface area contributed by atoms with Gasteiger partial charge >= 0.3 is 0 Å². The number of aryl methyl sites for hydroxylation is 1. The minimum Gasteiger partial charge on any atom is -0.496 e. The summed E-state index contributed by atoms with van der Waals surface area (Å²) in [6.45, 7) is 6.98. The number of hydrogen-bond donors (Lipinski definition) is 2. The van der Waals surface area contributed by atoms with Crippen molar-refractivity contribution < 1.29 is 14.3 Å². The normalized spacial score (nSPS) is 13.0. The molecule has 1 amide bonds. The van der Waals surface area contributed by atoms with Crippen molar-refractivity contribution in [1.29, 1.82) is 0 Å². The van der Waals surface area contributed by atoms with Gasteiger partial charge in [0.25, 0.3) is 5.91 Å². The highest BCUT2D eigenvalue weighted by atomic mass is 127. The fourth-order valence-electron chi connectivity index (χ4n) is 3.51. The molecule has 0 spiro atoms. The Morgan fingerprint density at radius 1 is 1.22 bits per heavy atom. The monoisotopic (exact) mass is 552 g/mol. The van der Waals surface area contributed by atoms with Gasteiger partial charge in [-0.2, -0.15) is 0 Å². The van der Waals surface area contributed by atoms with Crippen LogP contribution in [0.3, 0.4) is 0 Å². The highest BCUT2D eigenvalue weighted by Gasteiger charge is 2.24. The molecule has 0 saturated heterocycles. The number of rotatable bonds is 9. The van der Waals surface area contributed by atoms with Crippen LogP contribution in [0.4, 0.5) is 5.69 Å². The van der Waals surface area contributed by atoms with Crippen LogP contribution in [0.25, 0.3) is 0 Å². The molecule has 0 fully saturated rings. The molecule has 3 rings (SSSR count). The van der Waals surface area contributed by atoms with E-state index in [9.17, 15) is 4.79 Å². The van der Waals surface area contributed by atoms with E-state index in [1.165, 1.54) is 5.56 Å². The van der Waals surface area contributed by atoms with Crippen LogP contribution >= 0.6 is 24.0 Å². The summed E-state index contributed by atoms with van der Waals surface area (Å²) in [5, 5.41) is 6.66. The summed E-state index contributed by atoms with van der Waals surface area (Å²) >= 11 is 0. The predicted molar refractivity (Wildman–Crippen MR) is 140 cm³/mol. The minimum absolute atomic E-state index is 0. The molecule has 2 N–H and O–H groups in total. The third-order valence-electron chi connectivity index (χ3n) is 5.14. The highest BCUT2D eigenvalue weighted by Crippen LogP contribution is 2.31. The van der Waals surface area contributed by atoms with Gasteiger partial charge < -0.3 is 25.0 Å². The third-order valence-corrected chi connectivity index (χ3v) is 5.14. The number of carbonyl (C=O) groups excluding carboxylic acids is 1. The Morgan fingerprint density at radius 2 is 2.03 bits per heavy atom. The molecular weight excluding hydrogens is 519 g/mol. The summed E-state index contributed by atoms with van der Waals surface area (Å²) in [4.78, 5) is 18.7. The first kappa shape index (κ1) is 25.8. The topological polar surface area (TPSA) is 75.2 Å². The minimum atomic E-state index is -0.0127. The number of para-hydroxylation sites is 2. The summed E-state index contributed by atoms with van der Waals surface area (Å²) in [6.07, 6.45) is 1.64. The molecule has 2 aromatic carbocycles. The highest BCUT2D eigenvalue weighted by molar-refractivity contribution is 14.0. The zero-order valence-electron chi connectivity index (χ0n) is 19.0. The summed E-state index contributed by atoms with van der Waals surface area (Å²) in [5.74, 6) is 2.45. The van der Waals surface area contributed by atoms with Crippen LogP contribution in [0.2, 0.25) is 0 Å². The SMILES string of the molecule is CCNC(=NCCCN1C(=O)COc2ccccc21)NCCc1ccc(C)c(OC)c1.I. The number of nitrogens with one attached hydrogen (secondary N) is 2. The number of carbonyl (C=O) groups is 1. The summed E-state index contributed by atoms with van der Waals surface area (Å²) in [6, 6.07) is 13.9. The van der Waals surface area contributed by atoms with Gasteiger partial charge in [-0.1, -0.05) is 24.3 Å². The quantitative estimate of drug-likeness (QED) is 0.216. The third kappa shape index (κ3) is 7.01. The van der Waals surface area contributed by atoms with E-state index in [4.69, 9.17) is 9.47 Å². The Hall–Kier alpha value is -2.49. The van der Waals surface area contributed by atoms with Crippen LogP contribution in [-0.2, 0) is 11.2 Å². The zero-order valence-corrected chi connectivity index (χ0v) is 21.3. The Morgan fingerprint density at radius 3 is 2.81 bits per heavy atom. The van der Waals surface area contributed by atoms with Gasteiger partial charge in [0, 0.05) is 26.2 Å². The van der Waals surface area contributed by atoms with Gasteiger partial charge in [-0.05, 0) is 56.0 Å². The molecule has 1 aliphatic heterocycles. The van der Waals surface area contributed by atoms with Gasteiger partial charge in [0.2, 0.25) is 0 Å². The summed E-state index contributed by atoms with van der Waals surface area (Å²) in [5.41, 5.74) is 3.19. The van der Waals surface area contributed by atoms with Gasteiger partial charge in [0.1, 0.15) is 11.5 Å². The van der Waals surface area contributed by atoms with Gasteiger partial charge in [0.15, 0.2) is 12.6 Å². The first-order valence-corrected chi connectivity index (χ1v) is 10.8. The fraction of sp³-hybridized carbons (Fsp3) is 0.417. The average molecular weight is 552 g/mol. The second-order valence-corrected chi connectivity index (χ2v) is 7.40. The molecular formula is C24H33IN4O3. The van der Waals surface area contributed by atoms with Gasteiger partial charge in [-0.3, -0.25) is 9.79 Å². The number of methoxy groups -OCH3 is 1. The van der Waals surface area contributed by atoms with E-state index in [1.807, 2.05) is 38.1 Å². The maximum Gasteiger partial charge on any atom is 0.265 e. The van der Waals surface area contributed by atoms with Crippen molar-refractivity contribution in [3.05, 3.63) is 53.6 Å². The first-order chi connectivity index (χ1) is 15.1. The molecule has 2 aromatic rings.